The van der Waals surface area contributed by atoms with Crippen molar-refractivity contribution in [1.82, 2.24) is 0 Å². The Labute approximate surface area is 59.8 Å². The van der Waals surface area contributed by atoms with E-state index in [9.17, 15) is 0 Å². The van der Waals surface area contributed by atoms with Crippen molar-refractivity contribution in [2.45, 2.75) is 29.1 Å². The quantitative estimate of drug-likeness (QED) is 0.338. The van der Waals surface area contributed by atoms with Crippen LogP contribution in [0.15, 0.2) is 0 Å². The van der Waals surface area contributed by atoms with Gasteiger partial charge >= 0.3 is 0 Å². The van der Waals surface area contributed by atoms with Crippen LogP contribution in [0.4, 0.5) is 0 Å². The van der Waals surface area contributed by atoms with E-state index in [2.05, 4.69) is 42.6 Å². The van der Waals surface area contributed by atoms with Gasteiger partial charge in [0.1, 0.15) is 0 Å². The van der Waals surface area contributed by atoms with Crippen molar-refractivity contribution in [2.24, 2.45) is 0 Å². The summed E-state index contributed by atoms with van der Waals surface area (Å²) in [6, 6.07) is 1.53. The molecule has 0 radical (unpaired) electrons. The van der Waals surface area contributed by atoms with E-state index in [1.54, 1.807) is 0 Å². The molecular formula is C5H11ISi. The van der Waals surface area contributed by atoms with Gasteiger partial charge in [0, 0.05) is 3.04 Å². The second kappa shape index (κ2) is 1.26. The molecule has 0 bridgehead atoms. The Kier molecular flexibility index (Phi) is 1.10. The predicted octanol–water partition coefficient (Wildman–Crippen LogP) is 2.44. The summed E-state index contributed by atoms with van der Waals surface area (Å²) in [7, 11) is -0.602. The van der Waals surface area contributed by atoms with E-state index in [1.807, 2.05) is 0 Å². The van der Waals surface area contributed by atoms with E-state index < -0.39 is 8.07 Å². The lowest BCUT2D eigenvalue weighted by molar-refractivity contribution is 1.19. The van der Waals surface area contributed by atoms with Gasteiger partial charge in [0.2, 0.25) is 0 Å². The first-order valence-corrected chi connectivity index (χ1v) is 6.93. The van der Waals surface area contributed by atoms with Crippen molar-refractivity contribution >= 4 is 30.7 Å². The van der Waals surface area contributed by atoms with Gasteiger partial charge in [-0.15, -0.1) is 0 Å². The van der Waals surface area contributed by atoms with Gasteiger partial charge in [0.05, 0.1) is 8.07 Å². The van der Waals surface area contributed by atoms with Crippen LogP contribution in [0.2, 0.25) is 19.1 Å². The Balaban J connectivity index is 2.59. The van der Waals surface area contributed by atoms with Crippen molar-refractivity contribution in [2.75, 3.05) is 0 Å². The second-order valence-electron chi connectivity index (χ2n) is 3.26. The molecule has 42 valence electrons. The molecule has 1 saturated heterocycles. The van der Waals surface area contributed by atoms with Gasteiger partial charge in [-0.05, 0) is 6.04 Å². The summed E-state index contributed by atoms with van der Waals surface area (Å²) >= 11 is 2.59. The molecular weight excluding hydrogens is 215 g/mol. The topological polar surface area (TPSA) is 0 Å². The Bertz CT molecular complexity index is 84.3. The maximum atomic E-state index is 2.59. The van der Waals surface area contributed by atoms with Crippen LogP contribution in [0.5, 0.6) is 0 Å². The van der Waals surface area contributed by atoms with E-state index in [0.717, 1.165) is 3.04 Å². The first-order chi connectivity index (χ1) is 2.96. The van der Waals surface area contributed by atoms with Crippen molar-refractivity contribution in [3.05, 3.63) is 0 Å². The summed E-state index contributed by atoms with van der Waals surface area (Å²) in [5.41, 5.74) is 0. The van der Waals surface area contributed by atoms with Crippen LogP contribution in [-0.4, -0.2) is 11.1 Å². The fourth-order valence-electron chi connectivity index (χ4n) is 0.786. The average Bonchev–Trinajstić information content (AvgIpc) is 1.63. The van der Waals surface area contributed by atoms with Gasteiger partial charge in [0.15, 0.2) is 0 Å². The molecule has 1 fully saturated rings. The maximum absolute atomic E-state index is 2.59. The molecule has 1 rings (SSSR count). The van der Waals surface area contributed by atoms with Crippen molar-refractivity contribution < 1.29 is 0 Å². The molecule has 0 aromatic carbocycles. The highest BCUT2D eigenvalue weighted by Gasteiger charge is 2.57. The molecule has 0 nitrogen and oxygen atoms in total. The fraction of sp³-hybridized carbons (Fsp3) is 1.00. The molecule has 1 aliphatic heterocycles. The van der Waals surface area contributed by atoms with Crippen molar-refractivity contribution in [3.63, 3.8) is 0 Å². The Morgan fingerprint density at radius 3 is 1.71 bits per heavy atom. The van der Waals surface area contributed by atoms with Crippen molar-refractivity contribution in [3.8, 4) is 0 Å². The van der Waals surface area contributed by atoms with E-state index in [4.69, 9.17) is 0 Å². The van der Waals surface area contributed by atoms with Crippen LogP contribution in [-0.2, 0) is 0 Å². The van der Waals surface area contributed by atoms with Gasteiger partial charge in [-0.1, -0.05) is 42.6 Å². The highest BCUT2D eigenvalue weighted by molar-refractivity contribution is 14.1. The van der Waals surface area contributed by atoms with Gasteiger partial charge in [-0.2, -0.15) is 0 Å². The minimum atomic E-state index is -0.602. The van der Waals surface area contributed by atoms with E-state index in [0.29, 0.717) is 0 Å². The van der Waals surface area contributed by atoms with Crippen LogP contribution >= 0.6 is 22.6 Å². The minimum absolute atomic E-state index is 0.602. The summed E-state index contributed by atoms with van der Waals surface area (Å²) in [5.74, 6) is 0. The summed E-state index contributed by atoms with van der Waals surface area (Å²) < 4.78 is 0.755. The summed E-state index contributed by atoms with van der Waals surface area (Å²) in [5, 5.41) is 0. The van der Waals surface area contributed by atoms with E-state index in [-0.39, 0.29) is 0 Å². The van der Waals surface area contributed by atoms with E-state index >= 15 is 0 Å². The SMILES string of the molecule is CC1(I)C[Si]1(C)C. The maximum Gasteiger partial charge on any atom is 0.0657 e. The Hall–Kier alpha value is 0.947. The Morgan fingerprint density at radius 1 is 1.57 bits per heavy atom. The monoisotopic (exact) mass is 226 g/mol. The normalized spacial score (nSPS) is 46.3. The molecule has 7 heavy (non-hydrogen) atoms. The lowest BCUT2D eigenvalue weighted by Crippen LogP contribution is -2.12. The fourth-order valence-corrected chi connectivity index (χ4v) is 6.28. The zero-order valence-corrected chi connectivity index (χ0v) is 8.24. The zero-order chi connectivity index (χ0) is 5.71. The zero-order valence-electron chi connectivity index (χ0n) is 5.09. The molecule has 0 aromatic heterocycles. The minimum Gasteiger partial charge on any atom is -0.0830 e. The first-order valence-electron chi connectivity index (χ1n) is 2.65. The van der Waals surface area contributed by atoms with Gasteiger partial charge < -0.3 is 0 Å². The second-order valence-corrected chi connectivity index (χ2v) is 11.9. The van der Waals surface area contributed by atoms with Crippen LogP contribution in [0, 0.1) is 0 Å². The standard InChI is InChI=1S/C5H11ISi/c1-5(6)4-7(5,2)3/h4H2,1-3H3. The highest BCUT2D eigenvalue weighted by atomic mass is 127. The van der Waals surface area contributed by atoms with Crippen molar-refractivity contribution in [1.29, 1.82) is 0 Å². The number of rotatable bonds is 0. The van der Waals surface area contributed by atoms with Gasteiger partial charge in [0.25, 0.3) is 0 Å². The number of hydrogen-bond acceptors (Lipinski definition) is 0. The molecule has 1 atom stereocenters. The third kappa shape index (κ3) is 0.874. The van der Waals surface area contributed by atoms with Crippen LogP contribution in [0.3, 0.4) is 0 Å². The molecule has 0 spiro atoms. The molecule has 0 N–H and O–H groups in total. The third-order valence-corrected chi connectivity index (χ3v) is 11.7. The summed E-state index contributed by atoms with van der Waals surface area (Å²) in [6.45, 7) is 7.29. The molecule has 2 heteroatoms. The lowest BCUT2D eigenvalue weighted by atomic mass is 10.6. The smallest absolute Gasteiger partial charge is 0.0657 e. The Morgan fingerprint density at radius 2 is 1.71 bits per heavy atom. The average molecular weight is 226 g/mol. The van der Waals surface area contributed by atoms with Crippen LogP contribution in [0.25, 0.3) is 0 Å². The van der Waals surface area contributed by atoms with Crippen LogP contribution in [0.1, 0.15) is 6.92 Å². The molecule has 0 saturated carbocycles. The van der Waals surface area contributed by atoms with Crippen LogP contribution < -0.4 is 0 Å². The van der Waals surface area contributed by atoms with E-state index in [1.165, 1.54) is 6.04 Å². The largest absolute Gasteiger partial charge is 0.0830 e. The molecule has 1 aliphatic rings. The highest BCUT2D eigenvalue weighted by Crippen LogP contribution is 2.53. The number of halogens is 1. The molecule has 0 aromatic rings. The number of alkyl halides is 1. The first kappa shape index (κ1) is 6.07. The molecule has 0 aliphatic carbocycles. The third-order valence-electron chi connectivity index (χ3n) is 2.06. The summed E-state index contributed by atoms with van der Waals surface area (Å²) in [6.07, 6.45) is 0. The summed E-state index contributed by atoms with van der Waals surface area (Å²) in [4.78, 5) is 0. The lowest BCUT2D eigenvalue weighted by Gasteiger charge is -2.00. The van der Waals surface area contributed by atoms with Gasteiger partial charge in [-0.3, -0.25) is 0 Å². The molecule has 1 heterocycles. The molecule has 0 amide bonds. The number of hydrogen-bond donors (Lipinski definition) is 0. The van der Waals surface area contributed by atoms with Gasteiger partial charge in [-0.25, -0.2) is 0 Å². The molecule has 1 unspecified atom stereocenters. The predicted molar refractivity (Wildman–Crippen MR) is 44.7 cm³/mol.